The van der Waals surface area contributed by atoms with E-state index in [1.807, 2.05) is 13.8 Å². The molecule has 2 rings (SSSR count). The maximum atomic E-state index is 13.1. The minimum Gasteiger partial charge on any atom is -0.460 e. The van der Waals surface area contributed by atoms with Gasteiger partial charge in [0.2, 0.25) is 17.7 Å². The molecule has 2 fully saturated rings. The standard InChI is InChI=1S/C25H43N3O5/c1-5-7-9-14-19-15-20(29)27-22(18-12-10-8-11-13-18)24(31)26-17(4)23(30)28-21(16(3)6-2)25(32)33-19/h16-19,21-22H,5-15H2,1-4H3,(H,26,31)(H,27,29)(H,28,30)/t16-,17-,19+,21+,22-/m0/s1. The van der Waals surface area contributed by atoms with Crippen LogP contribution in [-0.4, -0.2) is 47.9 Å². The SMILES string of the molecule is CCCCC[C@@H]1CC(=O)N[C@@H](C2CCCCC2)C(=O)N[C@@H](C)C(=O)N[C@H]([C@@H](C)CC)C(=O)O1. The number of carbonyl (C=O) groups excluding carboxylic acids is 4. The lowest BCUT2D eigenvalue weighted by Crippen LogP contribution is -2.57. The number of carbonyl (C=O) groups is 4. The maximum absolute atomic E-state index is 13.1. The average Bonchev–Trinajstić information content (AvgIpc) is 2.80. The van der Waals surface area contributed by atoms with Gasteiger partial charge < -0.3 is 20.7 Å². The van der Waals surface area contributed by atoms with E-state index in [0.29, 0.717) is 12.8 Å². The summed E-state index contributed by atoms with van der Waals surface area (Å²) in [4.78, 5) is 52.0. The molecule has 0 unspecified atom stereocenters. The van der Waals surface area contributed by atoms with Crippen molar-refractivity contribution in [2.45, 2.75) is 123 Å². The molecule has 33 heavy (non-hydrogen) atoms. The molecule has 8 nitrogen and oxygen atoms in total. The van der Waals surface area contributed by atoms with Crippen LogP contribution >= 0.6 is 0 Å². The van der Waals surface area contributed by atoms with Crippen molar-refractivity contribution in [2.24, 2.45) is 11.8 Å². The van der Waals surface area contributed by atoms with Crippen LogP contribution in [0.4, 0.5) is 0 Å². The summed E-state index contributed by atoms with van der Waals surface area (Å²) in [6, 6.07) is -2.35. The second-order valence-electron chi connectivity index (χ2n) is 9.80. The summed E-state index contributed by atoms with van der Waals surface area (Å²) >= 11 is 0. The Labute approximate surface area is 198 Å². The summed E-state index contributed by atoms with van der Waals surface area (Å²) in [6.45, 7) is 7.51. The van der Waals surface area contributed by atoms with Gasteiger partial charge in [0.05, 0.1) is 6.42 Å². The second-order valence-corrected chi connectivity index (χ2v) is 9.80. The lowest BCUT2D eigenvalue weighted by molar-refractivity contribution is -0.156. The Kier molecular flexibility index (Phi) is 11.1. The van der Waals surface area contributed by atoms with E-state index in [2.05, 4.69) is 22.9 Å². The van der Waals surface area contributed by atoms with Crippen LogP contribution < -0.4 is 16.0 Å². The zero-order valence-electron chi connectivity index (χ0n) is 20.8. The van der Waals surface area contributed by atoms with Crippen molar-refractivity contribution in [3.05, 3.63) is 0 Å². The molecule has 5 atom stereocenters. The summed E-state index contributed by atoms with van der Waals surface area (Å²) in [6.07, 6.45) is 8.41. The molecule has 1 saturated carbocycles. The molecule has 8 heteroatoms. The average molecular weight is 466 g/mol. The van der Waals surface area contributed by atoms with Crippen molar-refractivity contribution in [3.8, 4) is 0 Å². The molecular weight excluding hydrogens is 422 g/mol. The van der Waals surface area contributed by atoms with Crippen LogP contribution in [0.5, 0.6) is 0 Å². The first kappa shape index (κ1) is 27.1. The molecule has 0 bridgehead atoms. The van der Waals surface area contributed by atoms with Gasteiger partial charge in [0.1, 0.15) is 24.2 Å². The van der Waals surface area contributed by atoms with Crippen molar-refractivity contribution in [1.29, 1.82) is 0 Å². The first-order chi connectivity index (χ1) is 15.8. The van der Waals surface area contributed by atoms with Gasteiger partial charge in [-0.05, 0) is 44.4 Å². The number of nitrogens with one attached hydrogen (secondary N) is 3. The minimum absolute atomic E-state index is 0.0165. The van der Waals surface area contributed by atoms with Crippen LogP contribution in [0.25, 0.3) is 0 Å². The van der Waals surface area contributed by atoms with Crippen LogP contribution in [0.3, 0.4) is 0 Å². The first-order valence-corrected chi connectivity index (χ1v) is 12.9. The molecule has 1 saturated heterocycles. The number of ether oxygens (including phenoxy) is 1. The lowest BCUT2D eigenvalue weighted by atomic mass is 9.83. The molecule has 0 aromatic carbocycles. The van der Waals surface area contributed by atoms with Crippen LogP contribution in [0.1, 0.15) is 98.3 Å². The van der Waals surface area contributed by atoms with Crippen LogP contribution in [0.2, 0.25) is 0 Å². The zero-order valence-corrected chi connectivity index (χ0v) is 20.8. The Morgan fingerprint density at radius 2 is 1.64 bits per heavy atom. The van der Waals surface area contributed by atoms with Crippen LogP contribution in [0.15, 0.2) is 0 Å². The van der Waals surface area contributed by atoms with Crippen molar-refractivity contribution in [3.63, 3.8) is 0 Å². The monoisotopic (exact) mass is 465 g/mol. The Morgan fingerprint density at radius 3 is 2.27 bits per heavy atom. The number of hydrogen-bond donors (Lipinski definition) is 3. The van der Waals surface area contributed by atoms with Gasteiger partial charge in [-0.3, -0.25) is 14.4 Å². The number of esters is 1. The molecule has 0 aromatic heterocycles. The van der Waals surface area contributed by atoms with E-state index in [1.54, 1.807) is 6.92 Å². The second kappa shape index (κ2) is 13.6. The highest BCUT2D eigenvalue weighted by atomic mass is 16.5. The van der Waals surface area contributed by atoms with Crippen molar-refractivity contribution in [1.82, 2.24) is 16.0 Å². The number of cyclic esters (lactones) is 1. The smallest absolute Gasteiger partial charge is 0.329 e. The zero-order chi connectivity index (χ0) is 24.4. The molecule has 0 spiro atoms. The topological polar surface area (TPSA) is 114 Å². The van der Waals surface area contributed by atoms with Crippen molar-refractivity contribution >= 4 is 23.7 Å². The maximum Gasteiger partial charge on any atom is 0.329 e. The van der Waals surface area contributed by atoms with Gasteiger partial charge in [-0.25, -0.2) is 4.79 Å². The van der Waals surface area contributed by atoms with E-state index in [-0.39, 0.29) is 30.1 Å². The molecule has 1 aliphatic carbocycles. The van der Waals surface area contributed by atoms with Crippen molar-refractivity contribution < 1.29 is 23.9 Å². The highest BCUT2D eigenvalue weighted by Crippen LogP contribution is 2.27. The van der Waals surface area contributed by atoms with Gasteiger partial charge in [-0.15, -0.1) is 0 Å². The highest BCUT2D eigenvalue weighted by Gasteiger charge is 2.36. The molecule has 3 N–H and O–H groups in total. The van der Waals surface area contributed by atoms with E-state index < -0.39 is 36.1 Å². The van der Waals surface area contributed by atoms with Crippen LogP contribution in [-0.2, 0) is 23.9 Å². The van der Waals surface area contributed by atoms with Gasteiger partial charge >= 0.3 is 5.97 Å². The fourth-order valence-corrected chi connectivity index (χ4v) is 4.68. The third-order valence-electron chi connectivity index (χ3n) is 7.06. The third-order valence-corrected chi connectivity index (χ3v) is 7.06. The quantitative estimate of drug-likeness (QED) is 0.395. The fourth-order valence-electron chi connectivity index (χ4n) is 4.68. The molecular formula is C25H43N3O5. The summed E-state index contributed by atoms with van der Waals surface area (Å²) < 4.78 is 5.79. The summed E-state index contributed by atoms with van der Waals surface area (Å²) in [5.74, 6) is -1.69. The number of rotatable bonds is 7. The molecule has 1 heterocycles. The molecule has 3 amide bonds. The summed E-state index contributed by atoms with van der Waals surface area (Å²) in [5, 5.41) is 8.47. The molecule has 0 aromatic rings. The van der Waals surface area contributed by atoms with Crippen molar-refractivity contribution in [2.75, 3.05) is 0 Å². The number of hydrogen-bond acceptors (Lipinski definition) is 5. The number of unbranched alkanes of at least 4 members (excludes halogenated alkanes) is 2. The van der Waals surface area contributed by atoms with E-state index in [1.165, 1.54) is 0 Å². The normalized spacial score (nSPS) is 29.5. The molecule has 0 radical (unpaired) electrons. The lowest BCUT2D eigenvalue weighted by Gasteiger charge is -2.31. The van der Waals surface area contributed by atoms with Gasteiger partial charge in [-0.2, -0.15) is 0 Å². The summed E-state index contributed by atoms with van der Waals surface area (Å²) in [5.41, 5.74) is 0. The predicted octanol–water partition coefficient (Wildman–Crippen LogP) is 2.98. The third kappa shape index (κ3) is 8.31. The van der Waals surface area contributed by atoms with Gasteiger partial charge in [0.25, 0.3) is 0 Å². The highest BCUT2D eigenvalue weighted by molar-refractivity contribution is 5.94. The van der Waals surface area contributed by atoms with E-state index in [0.717, 1.165) is 51.4 Å². The Hall–Kier alpha value is -2.12. The Bertz CT molecular complexity index is 677. The fraction of sp³-hybridized carbons (Fsp3) is 0.840. The summed E-state index contributed by atoms with van der Waals surface area (Å²) in [7, 11) is 0. The molecule has 1 aliphatic heterocycles. The first-order valence-electron chi connectivity index (χ1n) is 12.9. The van der Waals surface area contributed by atoms with Crippen LogP contribution in [0, 0.1) is 11.8 Å². The van der Waals surface area contributed by atoms with E-state index >= 15 is 0 Å². The Balaban J connectivity index is 2.30. The largest absolute Gasteiger partial charge is 0.460 e. The predicted molar refractivity (Wildman–Crippen MR) is 126 cm³/mol. The minimum atomic E-state index is -0.832. The number of amides is 3. The molecule has 2 aliphatic rings. The van der Waals surface area contributed by atoms with E-state index in [9.17, 15) is 19.2 Å². The van der Waals surface area contributed by atoms with E-state index in [4.69, 9.17) is 4.74 Å². The Morgan fingerprint density at radius 1 is 0.939 bits per heavy atom. The molecule has 188 valence electrons. The van der Waals surface area contributed by atoms with Gasteiger partial charge in [0.15, 0.2) is 0 Å². The van der Waals surface area contributed by atoms with Gasteiger partial charge in [-0.1, -0.05) is 59.3 Å². The van der Waals surface area contributed by atoms with Gasteiger partial charge in [0, 0.05) is 0 Å².